The Bertz CT molecular complexity index is 673. The molecule has 3 rings (SSSR count). The molecule has 126 valence electrons. The van der Waals surface area contributed by atoms with Gasteiger partial charge in [-0.15, -0.1) is 0 Å². The molecule has 0 unspecified atom stereocenters. The van der Waals surface area contributed by atoms with Crippen molar-refractivity contribution in [2.45, 2.75) is 36.6 Å². The molecule has 0 atom stereocenters. The van der Waals surface area contributed by atoms with E-state index in [9.17, 15) is 13.2 Å². The highest BCUT2D eigenvalue weighted by Gasteiger charge is 2.29. The van der Waals surface area contributed by atoms with Gasteiger partial charge in [0, 0.05) is 38.5 Å². The van der Waals surface area contributed by atoms with Gasteiger partial charge in [0.25, 0.3) is 5.91 Å². The highest BCUT2D eigenvalue weighted by molar-refractivity contribution is 7.90. The predicted octanol–water partition coefficient (Wildman–Crippen LogP) is 1.79. The molecule has 1 aliphatic carbocycles. The van der Waals surface area contributed by atoms with Gasteiger partial charge in [0.15, 0.2) is 9.84 Å². The van der Waals surface area contributed by atoms with E-state index in [1.807, 2.05) is 0 Å². The standard InChI is InChI=1S/C17H24N2O3S/c1-23(21,22)16-9-5-4-8-15(16)17(20)19-12-10-18(11-13-19)14-6-2-3-7-14/h4-5,8-9,14H,2-3,6-7,10-13H2,1H3. The molecule has 0 bridgehead atoms. The largest absolute Gasteiger partial charge is 0.336 e. The lowest BCUT2D eigenvalue weighted by molar-refractivity contribution is 0.0570. The SMILES string of the molecule is CS(=O)(=O)c1ccccc1C(=O)N1CCN(C2CCCC2)CC1. The lowest BCUT2D eigenvalue weighted by Crippen LogP contribution is -2.51. The van der Waals surface area contributed by atoms with Crippen molar-refractivity contribution in [2.75, 3.05) is 32.4 Å². The molecule has 0 N–H and O–H groups in total. The first kappa shape index (κ1) is 16.5. The molecule has 0 radical (unpaired) electrons. The van der Waals surface area contributed by atoms with Crippen molar-refractivity contribution >= 4 is 15.7 Å². The van der Waals surface area contributed by atoms with Gasteiger partial charge in [-0.25, -0.2) is 8.42 Å². The molecule has 1 aromatic rings. The fourth-order valence-electron chi connectivity index (χ4n) is 3.70. The van der Waals surface area contributed by atoms with E-state index in [4.69, 9.17) is 0 Å². The summed E-state index contributed by atoms with van der Waals surface area (Å²) >= 11 is 0. The molecule has 0 aromatic heterocycles. The van der Waals surface area contributed by atoms with Crippen molar-refractivity contribution in [1.82, 2.24) is 9.80 Å². The summed E-state index contributed by atoms with van der Waals surface area (Å²) in [5.41, 5.74) is 0.296. The Hall–Kier alpha value is -1.40. The fourth-order valence-corrected chi connectivity index (χ4v) is 4.58. The van der Waals surface area contributed by atoms with Crippen LogP contribution in [0.4, 0.5) is 0 Å². The molecule has 2 aliphatic rings. The molecular weight excluding hydrogens is 312 g/mol. The molecule has 0 spiro atoms. The Labute approximate surface area is 138 Å². The quantitative estimate of drug-likeness (QED) is 0.844. The Morgan fingerprint density at radius 2 is 1.65 bits per heavy atom. The van der Waals surface area contributed by atoms with Crippen LogP contribution < -0.4 is 0 Å². The van der Waals surface area contributed by atoms with Gasteiger partial charge < -0.3 is 4.90 Å². The first-order chi connectivity index (χ1) is 11.0. The number of carbonyl (C=O) groups is 1. The monoisotopic (exact) mass is 336 g/mol. The minimum Gasteiger partial charge on any atom is -0.336 e. The lowest BCUT2D eigenvalue weighted by atomic mass is 10.1. The highest BCUT2D eigenvalue weighted by Crippen LogP contribution is 2.25. The minimum atomic E-state index is -3.40. The Kier molecular flexibility index (Phi) is 4.73. The molecule has 6 heteroatoms. The van der Waals surface area contributed by atoms with Gasteiger partial charge in [-0.2, -0.15) is 0 Å². The third kappa shape index (κ3) is 3.58. The number of nitrogens with zero attached hydrogens (tertiary/aromatic N) is 2. The smallest absolute Gasteiger partial charge is 0.255 e. The van der Waals surface area contributed by atoms with Crippen LogP contribution in [-0.2, 0) is 9.84 Å². The zero-order valence-electron chi connectivity index (χ0n) is 13.6. The van der Waals surface area contributed by atoms with Crippen LogP contribution in [0.15, 0.2) is 29.2 Å². The van der Waals surface area contributed by atoms with Gasteiger partial charge in [0.1, 0.15) is 0 Å². The average molecular weight is 336 g/mol. The summed E-state index contributed by atoms with van der Waals surface area (Å²) in [5, 5.41) is 0. The van der Waals surface area contributed by atoms with E-state index in [1.165, 1.54) is 31.7 Å². The second-order valence-corrected chi connectivity index (χ2v) is 8.52. The normalized spacial score (nSPS) is 20.8. The maximum absolute atomic E-state index is 12.7. The van der Waals surface area contributed by atoms with Crippen molar-refractivity contribution in [3.05, 3.63) is 29.8 Å². The number of amides is 1. The summed E-state index contributed by atoms with van der Waals surface area (Å²) in [6, 6.07) is 7.18. The van der Waals surface area contributed by atoms with Gasteiger partial charge in [-0.1, -0.05) is 25.0 Å². The van der Waals surface area contributed by atoms with Crippen molar-refractivity contribution in [3.63, 3.8) is 0 Å². The molecular formula is C17H24N2O3S. The van der Waals surface area contributed by atoms with Crippen LogP contribution in [0, 0.1) is 0 Å². The van der Waals surface area contributed by atoms with Gasteiger partial charge in [-0.3, -0.25) is 9.69 Å². The molecule has 5 nitrogen and oxygen atoms in total. The van der Waals surface area contributed by atoms with Crippen LogP contribution in [0.25, 0.3) is 0 Å². The van der Waals surface area contributed by atoms with Gasteiger partial charge in [0.2, 0.25) is 0 Å². The summed E-state index contributed by atoms with van der Waals surface area (Å²) in [6.07, 6.45) is 6.31. The van der Waals surface area contributed by atoms with E-state index < -0.39 is 9.84 Å². The first-order valence-electron chi connectivity index (χ1n) is 8.29. The van der Waals surface area contributed by atoms with Gasteiger partial charge in [0.05, 0.1) is 10.5 Å². The summed E-state index contributed by atoms with van der Waals surface area (Å²) in [6.45, 7) is 3.12. The third-order valence-corrected chi connectivity index (χ3v) is 6.11. The van der Waals surface area contributed by atoms with Crippen molar-refractivity contribution in [2.24, 2.45) is 0 Å². The molecule has 2 fully saturated rings. The first-order valence-corrected chi connectivity index (χ1v) is 10.2. The summed E-state index contributed by atoms with van der Waals surface area (Å²) < 4.78 is 23.8. The zero-order valence-corrected chi connectivity index (χ0v) is 14.4. The molecule has 1 aromatic carbocycles. The van der Waals surface area contributed by atoms with Crippen molar-refractivity contribution in [1.29, 1.82) is 0 Å². The van der Waals surface area contributed by atoms with Crippen LogP contribution >= 0.6 is 0 Å². The molecule has 1 heterocycles. The maximum Gasteiger partial charge on any atom is 0.255 e. The van der Waals surface area contributed by atoms with E-state index in [0.717, 1.165) is 19.3 Å². The number of hydrogen-bond donors (Lipinski definition) is 0. The number of benzene rings is 1. The number of piperazine rings is 1. The van der Waals surface area contributed by atoms with E-state index in [1.54, 1.807) is 23.1 Å². The molecule has 1 amide bonds. The van der Waals surface area contributed by atoms with Gasteiger partial charge >= 0.3 is 0 Å². The fraction of sp³-hybridized carbons (Fsp3) is 0.588. The average Bonchev–Trinajstić information content (AvgIpc) is 3.08. The molecule has 23 heavy (non-hydrogen) atoms. The van der Waals surface area contributed by atoms with E-state index >= 15 is 0 Å². The number of rotatable bonds is 3. The Morgan fingerprint density at radius 3 is 2.26 bits per heavy atom. The summed E-state index contributed by atoms with van der Waals surface area (Å²) in [5.74, 6) is -0.169. The van der Waals surface area contributed by atoms with Crippen LogP contribution in [0.1, 0.15) is 36.0 Å². The van der Waals surface area contributed by atoms with Crippen molar-refractivity contribution in [3.8, 4) is 0 Å². The topological polar surface area (TPSA) is 57.7 Å². The van der Waals surface area contributed by atoms with Crippen molar-refractivity contribution < 1.29 is 13.2 Å². The van der Waals surface area contributed by atoms with Crippen LogP contribution in [0.2, 0.25) is 0 Å². The minimum absolute atomic E-state index is 0.128. The lowest BCUT2D eigenvalue weighted by Gasteiger charge is -2.38. The molecule has 1 saturated heterocycles. The zero-order chi connectivity index (χ0) is 16.4. The summed E-state index contributed by atoms with van der Waals surface area (Å²) in [7, 11) is -3.40. The molecule has 1 saturated carbocycles. The second kappa shape index (κ2) is 6.61. The summed E-state index contributed by atoms with van der Waals surface area (Å²) in [4.78, 5) is 17.1. The highest BCUT2D eigenvalue weighted by atomic mass is 32.2. The van der Waals surface area contributed by atoms with E-state index in [-0.39, 0.29) is 10.8 Å². The van der Waals surface area contributed by atoms with Gasteiger partial charge in [-0.05, 0) is 25.0 Å². The van der Waals surface area contributed by atoms with Crippen LogP contribution in [0.3, 0.4) is 0 Å². The molecule has 1 aliphatic heterocycles. The Balaban J connectivity index is 1.71. The van der Waals surface area contributed by atoms with Crippen LogP contribution in [-0.4, -0.2) is 62.6 Å². The Morgan fingerprint density at radius 1 is 1.04 bits per heavy atom. The number of carbonyl (C=O) groups excluding carboxylic acids is 1. The number of sulfone groups is 1. The predicted molar refractivity (Wildman–Crippen MR) is 89.3 cm³/mol. The number of hydrogen-bond acceptors (Lipinski definition) is 4. The van der Waals surface area contributed by atoms with E-state index in [2.05, 4.69) is 4.90 Å². The maximum atomic E-state index is 12.7. The third-order valence-electron chi connectivity index (χ3n) is 4.96. The second-order valence-electron chi connectivity index (χ2n) is 6.53. The van der Waals surface area contributed by atoms with E-state index in [0.29, 0.717) is 24.7 Å². The van der Waals surface area contributed by atoms with Crippen LogP contribution in [0.5, 0.6) is 0 Å².